The van der Waals surface area contributed by atoms with Gasteiger partial charge in [-0.15, -0.1) is 0 Å². The molecule has 0 spiro atoms. The highest BCUT2D eigenvalue weighted by atomic mass is 15.0. The molecule has 2 aromatic heterocycles. The van der Waals surface area contributed by atoms with Gasteiger partial charge in [-0.05, 0) is 132 Å². The summed E-state index contributed by atoms with van der Waals surface area (Å²) in [6, 6.07) is 97.9. The standard InChI is InChI=1S/C68H44N2/c1-4-18-49(19-5-1)66-56-30-14-26-52(45-36-40-47(41-37-45)54-28-16-34-64-67(54)58-24-10-12-32-62(58)69(64)50-20-6-2-7-21-50)60(56)44-61-53(27-15-31-57(61)66)46-38-42-48(43-39-46)55-29-17-35-65-68(55)59-25-11-13-33-63(59)70(65)51-22-8-3-9-23-51/h1-44H. The molecule has 0 N–H and O–H groups in total. The number of aromatic nitrogens is 2. The van der Waals surface area contributed by atoms with Crippen molar-refractivity contribution < 1.29 is 0 Å². The molecule has 0 bridgehead atoms. The second-order valence-corrected chi connectivity index (χ2v) is 18.3. The maximum absolute atomic E-state index is 2.45. The first-order chi connectivity index (χ1) is 34.8. The predicted molar refractivity (Wildman–Crippen MR) is 297 cm³/mol. The van der Waals surface area contributed by atoms with Crippen LogP contribution in [0.15, 0.2) is 267 Å². The van der Waals surface area contributed by atoms with E-state index >= 15 is 0 Å². The van der Waals surface area contributed by atoms with Crippen LogP contribution in [0.2, 0.25) is 0 Å². The lowest BCUT2D eigenvalue weighted by molar-refractivity contribution is 1.18. The largest absolute Gasteiger partial charge is 0.309 e. The Morgan fingerprint density at radius 3 is 0.971 bits per heavy atom. The van der Waals surface area contributed by atoms with Crippen molar-refractivity contribution in [2.24, 2.45) is 0 Å². The van der Waals surface area contributed by atoms with E-state index in [0.29, 0.717) is 0 Å². The van der Waals surface area contributed by atoms with Gasteiger partial charge in [-0.3, -0.25) is 0 Å². The molecule has 0 fully saturated rings. The number of para-hydroxylation sites is 4. The predicted octanol–water partition coefficient (Wildman–Crippen LogP) is 18.5. The molecule has 2 heteroatoms. The third-order valence-electron chi connectivity index (χ3n) is 14.5. The molecule has 2 nitrogen and oxygen atoms in total. The van der Waals surface area contributed by atoms with Gasteiger partial charge < -0.3 is 9.13 Å². The van der Waals surface area contributed by atoms with E-state index in [2.05, 4.69) is 276 Å². The highest BCUT2D eigenvalue weighted by Gasteiger charge is 2.20. The monoisotopic (exact) mass is 888 g/mol. The maximum Gasteiger partial charge on any atom is 0.0547 e. The van der Waals surface area contributed by atoms with Crippen LogP contribution in [0.3, 0.4) is 0 Å². The summed E-state index contributed by atoms with van der Waals surface area (Å²) in [5.74, 6) is 0. The van der Waals surface area contributed by atoms with Gasteiger partial charge in [0.15, 0.2) is 0 Å². The summed E-state index contributed by atoms with van der Waals surface area (Å²) < 4.78 is 4.78. The van der Waals surface area contributed by atoms with Crippen molar-refractivity contribution in [3.8, 4) is 67.0 Å². The fourth-order valence-electron chi connectivity index (χ4n) is 11.5. The Hall–Kier alpha value is -9.24. The molecule has 14 rings (SSSR count). The molecule has 70 heavy (non-hydrogen) atoms. The van der Waals surface area contributed by atoms with E-state index in [1.807, 2.05) is 0 Å². The van der Waals surface area contributed by atoms with Crippen molar-refractivity contribution in [2.75, 3.05) is 0 Å². The summed E-state index contributed by atoms with van der Waals surface area (Å²) in [7, 11) is 0. The van der Waals surface area contributed by atoms with Gasteiger partial charge in [0.25, 0.3) is 0 Å². The van der Waals surface area contributed by atoms with Crippen molar-refractivity contribution in [3.05, 3.63) is 267 Å². The molecule has 0 unspecified atom stereocenters. The first kappa shape index (κ1) is 39.9. The van der Waals surface area contributed by atoms with Crippen molar-refractivity contribution in [1.29, 1.82) is 0 Å². The zero-order chi connectivity index (χ0) is 46.1. The minimum absolute atomic E-state index is 1.16. The van der Waals surface area contributed by atoms with Crippen LogP contribution in [0.25, 0.3) is 132 Å². The molecule has 14 aromatic rings. The Morgan fingerprint density at radius 1 is 0.200 bits per heavy atom. The normalized spacial score (nSPS) is 11.7. The Kier molecular flexibility index (Phi) is 9.25. The van der Waals surface area contributed by atoms with Crippen LogP contribution in [-0.2, 0) is 0 Å². The number of fused-ring (bicyclic) bond motifs is 8. The van der Waals surface area contributed by atoms with E-state index in [0.717, 1.165) is 11.4 Å². The van der Waals surface area contributed by atoms with Gasteiger partial charge in [0.2, 0.25) is 0 Å². The maximum atomic E-state index is 2.45. The van der Waals surface area contributed by atoms with Crippen molar-refractivity contribution >= 4 is 65.2 Å². The van der Waals surface area contributed by atoms with Crippen molar-refractivity contribution in [3.63, 3.8) is 0 Å². The lowest BCUT2D eigenvalue weighted by atomic mass is 9.86. The van der Waals surface area contributed by atoms with Crippen molar-refractivity contribution in [1.82, 2.24) is 9.13 Å². The molecule has 0 saturated heterocycles. The van der Waals surface area contributed by atoms with Crippen molar-refractivity contribution in [2.45, 2.75) is 0 Å². The van der Waals surface area contributed by atoms with E-state index in [9.17, 15) is 0 Å². The van der Waals surface area contributed by atoms with Gasteiger partial charge in [0.1, 0.15) is 0 Å². The second-order valence-electron chi connectivity index (χ2n) is 18.3. The molecule has 0 atom stereocenters. The summed E-state index contributed by atoms with van der Waals surface area (Å²) in [6.45, 7) is 0. The lowest BCUT2D eigenvalue weighted by Gasteiger charge is -2.18. The second kappa shape index (κ2) is 16.2. The molecule has 2 heterocycles. The molecular formula is C68H44N2. The van der Waals surface area contributed by atoms with Crippen LogP contribution < -0.4 is 0 Å². The summed E-state index contributed by atoms with van der Waals surface area (Å²) in [5.41, 5.74) is 19.3. The first-order valence-corrected chi connectivity index (χ1v) is 24.2. The molecule has 0 amide bonds. The number of hydrogen-bond donors (Lipinski definition) is 0. The molecule has 326 valence electrons. The minimum Gasteiger partial charge on any atom is -0.309 e. The topological polar surface area (TPSA) is 9.86 Å². The zero-order valence-corrected chi connectivity index (χ0v) is 38.3. The number of hydrogen-bond acceptors (Lipinski definition) is 0. The van der Waals surface area contributed by atoms with E-state index < -0.39 is 0 Å². The lowest BCUT2D eigenvalue weighted by Crippen LogP contribution is -1.93. The average molecular weight is 889 g/mol. The summed E-state index contributed by atoms with van der Waals surface area (Å²) in [4.78, 5) is 0. The molecule has 0 radical (unpaired) electrons. The van der Waals surface area contributed by atoms with E-state index in [-0.39, 0.29) is 0 Å². The molecular weight excluding hydrogens is 845 g/mol. The van der Waals surface area contributed by atoms with Crippen LogP contribution in [0.5, 0.6) is 0 Å². The smallest absolute Gasteiger partial charge is 0.0547 e. The molecule has 0 aliphatic carbocycles. The quantitative estimate of drug-likeness (QED) is 0.141. The van der Waals surface area contributed by atoms with E-state index in [1.165, 1.54) is 121 Å². The minimum atomic E-state index is 1.16. The van der Waals surface area contributed by atoms with Crippen LogP contribution in [0, 0.1) is 0 Å². The first-order valence-electron chi connectivity index (χ1n) is 24.2. The van der Waals surface area contributed by atoms with Gasteiger partial charge >= 0.3 is 0 Å². The fraction of sp³-hybridized carbons (Fsp3) is 0. The van der Waals surface area contributed by atoms with Crippen LogP contribution in [-0.4, -0.2) is 9.13 Å². The number of benzene rings is 12. The summed E-state index contributed by atoms with van der Waals surface area (Å²) >= 11 is 0. The highest BCUT2D eigenvalue weighted by Crippen LogP contribution is 2.45. The summed E-state index contributed by atoms with van der Waals surface area (Å²) in [5, 5.41) is 10.0. The number of nitrogens with zero attached hydrogens (tertiary/aromatic N) is 2. The van der Waals surface area contributed by atoms with Gasteiger partial charge in [0, 0.05) is 32.9 Å². The average Bonchev–Trinajstić information content (AvgIpc) is 3.96. The molecule has 0 aliphatic heterocycles. The SMILES string of the molecule is c1ccc(-c2c3cccc(-c4ccc(-c5cccc6c5c5ccccc5n6-c5ccccc5)cc4)c3cc3c(-c4ccc(-c5cccc6c5c5ccccc5n6-c5ccccc5)cc4)cccc23)cc1. The van der Waals surface area contributed by atoms with E-state index in [1.54, 1.807) is 0 Å². The van der Waals surface area contributed by atoms with Crippen LogP contribution in [0.4, 0.5) is 0 Å². The highest BCUT2D eigenvalue weighted by molar-refractivity contribution is 6.20. The van der Waals surface area contributed by atoms with Gasteiger partial charge in [0.05, 0.1) is 22.1 Å². The van der Waals surface area contributed by atoms with Crippen LogP contribution >= 0.6 is 0 Å². The summed E-state index contributed by atoms with van der Waals surface area (Å²) in [6.07, 6.45) is 0. The number of rotatable bonds is 7. The molecule has 0 aliphatic rings. The zero-order valence-electron chi connectivity index (χ0n) is 38.3. The van der Waals surface area contributed by atoms with Gasteiger partial charge in [-0.25, -0.2) is 0 Å². The van der Waals surface area contributed by atoms with E-state index in [4.69, 9.17) is 0 Å². The third-order valence-corrected chi connectivity index (χ3v) is 14.5. The fourth-order valence-corrected chi connectivity index (χ4v) is 11.5. The van der Waals surface area contributed by atoms with Gasteiger partial charge in [-0.2, -0.15) is 0 Å². The van der Waals surface area contributed by atoms with Crippen LogP contribution in [0.1, 0.15) is 0 Å². The Morgan fingerprint density at radius 2 is 0.529 bits per heavy atom. The Bertz CT molecular complexity index is 4040. The molecule has 0 saturated carbocycles. The van der Waals surface area contributed by atoms with Gasteiger partial charge in [-0.1, -0.05) is 212 Å². The Labute approximate surface area is 406 Å². The Balaban J connectivity index is 0.904. The molecule has 12 aromatic carbocycles. The third kappa shape index (κ3) is 6.27.